The molecule has 2 radical (unpaired) electrons. The van der Waals surface area contributed by atoms with Gasteiger partial charge in [0.15, 0.2) is 0 Å². The molecule has 2 nitrogen and oxygen atoms in total. The Hall–Kier alpha value is -0.0800. The minimum absolute atomic E-state index is 0.344. The fourth-order valence-electron chi connectivity index (χ4n) is 0.611. The minimum Gasteiger partial charge on any atom is -0.379 e. The molecular formula is C9H18O2. The highest BCUT2D eigenvalue weighted by atomic mass is 16.5. The van der Waals surface area contributed by atoms with Crippen LogP contribution in [0.25, 0.3) is 0 Å². The molecule has 0 heterocycles. The van der Waals surface area contributed by atoms with E-state index in [4.69, 9.17) is 16.4 Å². The van der Waals surface area contributed by atoms with Crippen molar-refractivity contribution >= 4 is 0 Å². The van der Waals surface area contributed by atoms with Gasteiger partial charge in [0.2, 0.25) is 0 Å². The Balaban J connectivity index is 2.89. The third-order valence-electron chi connectivity index (χ3n) is 1.47. The van der Waals surface area contributed by atoms with Crippen LogP contribution in [0.5, 0.6) is 0 Å². The van der Waals surface area contributed by atoms with Crippen molar-refractivity contribution in [3.8, 4) is 0 Å². The van der Waals surface area contributed by atoms with E-state index in [1.165, 1.54) is 0 Å². The Morgan fingerprint density at radius 3 is 2.55 bits per heavy atom. The first-order valence-electron chi connectivity index (χ1n) is 4.20. The Kier molecular flexibility index (Phi) is 7.96. The normalized spacial score (nSPS) is 13.4. The van der Waals surface area contributed by atoms with Crippen LogP contribution in [0.1, 0.15) is 26.7 Å². The maximum atomic E-state index is 5.37. The van der Waals surface area contributed by atoms with Crippen LogP contribution < -0.4 is 0 Å². The quantitative estimate of drug-likeness (QED) is 0.527. The molecule has 0 spiro atoms. The van der Waals surface area contributed by atoms with Crippen molar-refractivity contribution in [2.24, 2.45) is 0 Å². The summed E-state index contributed by atoms with van der Waals surface area (Å²) in [6.07, 6.45) is 1.98. The Morgan fingerprint density at radius 1 is 1.27 bits per heavy atom. The van der Waals surface area contributed by atoms with Crippen molar-refractivity contribution in [2.45, 2.75) is 32.8 Å². The van der Waals surface area contributed by atoms with Crippen LogP contribution in [-0.2, 0) is 9.47 Å². The molecule has 0 bridgehead atoms. The third-order valence-corrected chi connectivity index (χ3v) is 1.47. The number of hydrogen-bond acceptors (Lipinski definition) is 2. The molecule has 11 heavy (non-hydrogen) atoms. The van der Waals surface area contributed by atoms with Gasteiger partial charge < -0.3 is 9.47 Å². The summed E-state index contributed by atoms with van der Waals surface area (Å²) in [4.78, 5) is 0. The van der Waals surface area contributed by atoms with E-state index < -0.39 is 0 Å². The third kappa shape index (κ3) is 7.82. The van der Waals surface area contributed by atoms with Gasteiger partial charge in [-0.05, 0) is 26.7 Å². The Morgan fingerprint density at radius 2 is 2.00 bits per heavy atom. The molecule has 0 aromatic carbocycles. The highest BCUT2D eigenvalue weighted by molar-refractivity contribution is 4.44. The van der Waals surface area contributed by atoms with Crippen LogP contribution in [0.4, 0.5) is 0 Å². The van der Waals surface area contributed by atoms with Gasteiger partial charge >= 0.3 is 0 Å². The molecule has 0 fully saturated rings. The average Bonchev–Trinajstić information content (AvgIpc) is 2.04. The molecular weight excluding hydrogens is 140 g/mol. The summed E-state index contributed by atoms with van der Waals surface area (Å²) < 4.78 is 10.5. The summed E-state index contributed by atoms with van der Waals surface area (Å²) >= 11 is 0. The molecule has 1 atom stereocenters. The molecule has 0 aliphatic heterocycles. The second kappa shape index (κ2) is 8.02. The van der Waals surface area contributed by atoms with E-state index in [9.17, 15) is 0 Å². The molecule has 2 heteroatoms. The molecule has 0 saturated heterocycles. The van der Waals surface area contributed by atoms with Crippen molar-refractivity contribution in [3.05, 3.63) is 6.92 Å². The molecule has 1 unspecified atom stereocenters. The zero-order valence-corrected chi connectivity index (χ0v) is 7.51. The van der Waals surface area contributed by atoms with Crippen molar-refractivity contribution in [3.63, 3.8) is 0 Å². The number of hydrogen-bond donors (Lipinski definition) is 0. The van der Waals surface area contributed by atoms with Crippen LogP contribution in [0, 0.1) is 6.92 Å². The van der Waals surface area contributed by atoms with E-state index in [2.05, 4.69) is 13.8 Å². The maximum Gasteiger partial charge on any atom is 0.0704 e. The second-order valence-corrected chi connectivity index (χ2v) is 2.49. The first kappa shape index (κ1) is 10.9. The van der Waals surface area contributed by atoms with Gasteiger partial charge in [-0.1, -0.05) is 6.92 Å². The van der Waals surface area contributed by atoms with E-state index >= 15 is 0 Å². The predicted octanol–water partition coefficient (Wildman–Crippen LogP) is 1.92. The highest BCUT2D eigenvalue weighted by Crippen LogP contribution is 1.94. The Bertz CT molecular complexity index is 74.0. The minimum atomic E-state index is 0.344. The van der Waals surface area contributed by atoms with Crippen molar-refractivity contribution < 1.29 is 9.47 Å². The topological polar surface area (TPSA) is 18.5 Å². The van der Waals surface area contributed by atoms with Crippen molar-refractivity contribution in [1.82, 2.24) is 0 Å². The summed E-state index contributed by atoms with van der Waals surface area (Å²) in [5.74, 6) is 0. The fraction of sp³-hybridized carbons (Fsp3) is 0.889. The molecule has 0 aromatic heterocycles. The summed E-state index contributed by atoms with van der Waals surface area (Å²) in [7, 11) is 0. The first-order chi connectivity index (χ1) is 5.31. The monoisotopic (exact) mass is 158 g/mol. The average molecular weight is 158 g/mol. The predicted molar refractivity (Wildman–Crippen MR) is 45.4 cm³/mol. The zero-order chi connectivity index (χ0) is 8.53. The lowest BCUT2D eigenvalue weighted by Gasteiger charge is -2.09. The summed E-state index contributed by atoms with van der Waals surface area (Å²) in [5.41, 5.74) is 0. The van der Waals surface area contributed by atoms with Gasteiger partial charge in [-0.3, -0.25) is 0 Å². The molecule has 66 valence electrons. The van der Waals surface area contributed by atoms with Crippen LogP contribution in [0.3, 0.4) is 0 Å². The molecule has 0 amide bonds. The van der Waals surface area contributed by atoms with Crippen molar-refractivity contribution in [1.29, 1.82) is 0 Å². The molecule has 0 rings (SSSR count). The van der Waals surface area contributed by atoms with Crippen molar-refractivity contribution in [2.75, 3.05) is 19.8 Å². The lowest BCUT2D eigenvalue weighted by molar-refractivity contribution is 0.0121. The maximum absolute atomic E-state index is 5.37. The smallest absolute Gasteiger partial charge is 0.0704 e. The lowest BCUT2D eigenvalue weighted by Crippen LogP contribution is -2.12. The van der Waals surface area contributed by atoms with Crippen LogP contribution in [0.15, 0.2) is 0 Å². The SMILES string of the molecule is [CH]CCOCCOC(C)CC. The second-order valence-electron chi connectivity index (χ2n) is 2.49. The zero-order valence-electron chi connectivity index (χ0n) is 7.51. The van der Waals surface area contributed by atoms with E-state index in [-0.39, 0.29) is 0 Å². The molecule has 0 saturated carbocycles. The summed E-state index contributed by atoms with van der Waals surface area (Å²) in [5, 5.41) is 0. The first-order valence-corrected chi connectivity index (χ1v) is 4.20. The van der Waals surface area contributed by atoms with Gasteiger partial charge in [-0.2, -0.15) is 0 Å². The van der Waals surface area contributed by atoms with E-state index in [0.717, 1.165) is 6.42 Å². The Labute approximate surface area is 69.9 Å². The van der Waals surface area contributed by atoms with E-state index in [1.807, 2.05) is 0 Å². The molecule has 0 aromatic rings. The van der Waals surface area contributed by atoms with Gasteiger partial charge in [-0.15, -0.1) is 0 Å². The molecule has 0 N–H and O–H groups in total. The van der Waals surface area contributed by atoms with Gasteiger partial charge in [0.05, 0.1) is 19.3 Å². The molecule has 0 aliphatic carbocycles. The summed E-state index contributed by atoms with van der Waals surface area (Å²) in [6.45, 7) is 11.4. The highest BCUT2D eigenvalue weighted by Gasteiger charge is 1.96. The largest absolute Gasteiger partial charge is 0.379 e. The fourth-order valence-corrected chi connectivity index (χ4v) is 0.611. The van der Waals surface area contributed by atoms with E-state index in [0.29, 0.717) is 32.3 Å². The summed E-state index contributed by atoms with van der Waals surface area (Å²) in [6, 6.07) is 0. The van der Waals surface area contributed by atoms with E-state index in [1.54, 1.807) is 0 Å². The lowest BCUT2D eigenvalue weighted by atomic mass is 10.3. The van der Waals surface area contributed by atoms with Crippen LogP contribution in [-0.4, -0.2) is 25.9 Å². The standard InChI is InChI=1S/C9H18O2/c1-4-6-10-7-8-11-9(3)5-2/h1,9H,4-8H2,2-3H3. The van der Waals surface area contributed by atoms with Gasteiger partial charge in [0, 0.05) is 6.61 Å². The number of rotatable bonds is 7. The van der Waals surface area contributed by atoms with Gasteiger partial charge in [0.1, 0.15) is 0 Å². The van der Waals surface area contributed by atoms with Crippen LogP contribution >= 0.6 is 0 Å². The molecule has 0 aliphatic rings. The number of ether oxygens (including phenoxy) is 2. The van der Waals surface area contributed by atoms with Crippen LogP contribution in [0.2, 0.25) is 0 Å². The van der Waals surface area contributed by atoms with Gasteiger partial charge in [-0.25, -0.2) is 0 Å². The van der Waals surface area contributed by atoms with Gasteiger partial charge in [0.25, 0.3) is 0 Å².